The van der Waals surface area contributed by atoms with Gasteiger partial charge in [0, 0.05) is 0 Å². The van der Waals surface area contributed by atoms with Crippen LogP contribution in [0.4, 0.5) is 0 Å². The Morgan fingerprint density at radius 1 is 0.944 bits per heavy atom. The normalized spacial score (nSPS) is 8.44. The zero-order valence-corrected chi connectivity index (χ0v) is 15.5. The van der Waals surface area contributed by atoms with E-state index in [0.717, 1.165) is 13.0 Å². The van der Waals surface area contributed by atoms with E-state index in [2.05, 4.69) is 45.6 Å². The molecule has 0 saturated carbocycles. The van der Waals surface area contributed by atoms with Crippen molar-refractivity contribution in [2.45, 2.75) is 34.1 Å². The number of halogens is 2. The van der Waals surface area contributed by atoms with Gasteiger partial charge in [0.05, 0.1) is 0 Å². The summed E-state index contributed by atoms with van der Waals surface area (Å²) < 4.78 is 0. The molecule has 0 spiro atoms. The maximum atomic E-state index is 3.68. The number of rotatable bonds is 2. The Bertz CT molecular complexity index is 274. The average molecular weight is 326 g/mol. The van der Waals surface area contributed by atoms with Crippen LogP contribution in [0.3, 0.4) is 0 Å². The van der Waals surface area contributed by atoms with Crippen molar-refractivity contribution in [3.63, 3.8) is 0 Å². The van der Waals surface area contributed by atoms with Gasteiger partial charge in [-0.15, -0.1) is 0 Å². The van der Waals surface area contributed by atoms with Crippen LogP contribution >= 0.6 is 0 Å². The van der Waals surface area contributed by atoms with Crippen molar-refractivity contribution in [2.75, 3.05) is 20.6 Å². The van der Waals surface area contributed by atoms with Crippen molar-refractivity contribution < 1.29 is 46.5 Å². The Labute approximate surface area is 141 Å². The van der Waals surface area contributed by atoms with Crippen molar-refractivity contribution >= 4 is 0 Å². The quantitative estimate of drug-likeness (QED) is 0.426. The first kappa shape index (κ1) is 27.0. The fraction of sp³-hybridized carbons (Fsp3) is 0.571. The van der Waals surface area contributed by atoms with Gasteiger partial charge in [-0.3, -0.25) is 0 Å². The van der Waals surface area contributed by atoms with Crippen LogP contribution in [0.15, 0.2) is 6.07 Å². The Morgan fingerprint density at radius 2 is 1.28 bits per heavy atom. The second-order valence-corrected chi connectivity index (χ2v) is 4.42. The van der Waals surface area contributed by atoms with Gasteiger partial charge in [0.2, 0.25) is 0 Å². The van der Waals surface area contributed by atoms with Crippen LogP contribution in [0.25, 0.3) is 0 Å². The molecule has 0 bridgehead atoms. The topological polar surface area (TPSA) is 3.24 Å². The molecule has 0 aliphatic heterocycles. The number of hydrogen-bond donors (Lipinski definition) is 0. The molecule has 0 atom stereocenters. The molecule has 0 N–H and O–H groups in total. The summed E-state index contributed by atoms with van der Waals surface area (Å²) in [6.07, 6.45) is 1.01. The summed E-state index contributed by atoms with van der Waals surface area (Å²) in [4.78, 5) is 2.12. The first-order valence-corrected chi connectivity index (χ1v) is 5.54. The molecule has 0 saturated heterocycles. The van der Waals surface area contributed by atoms with E-state index in [1.807, 2.05) is 14.1 Å². The molecule has 0 aliphatic rings. The molecule has 1 nitrogen and oxygen atoms in total. The van der Waals surface area contributed by atoms with E-state index in [9.17, 15) is 0 Å². The molecule has 0 radical (unpaired) electrons. The molecule has 0 aliphatic carbocycles. The third-order valence-electron chi connectivity index (χ3n) is 2.78. The summed E-state index contributed by atoms with van der Waals surface area (Å²) in [5.41, 5.74) is 5.75. The monoisotopic (exact) mass is 325 g/mol. The number of aryl methyl sites for hydroxylation is 2. The molecule has 0 unspecified atom stereocenters. The van der Waals surface area contributed by atoms with E-state index < -0.39 is 0 Å². The van der Waals surface area contributed by atoms with Crippen molar-refractivity contribution in [2.24, 2.45) is 0 Å². The zero-order valence-electron chi connectivity index (χ0n) is 12.4. The average Bonchev–Trinajstić information content (AvgIpc) is 2.34. The van der Waals surface area contributed by atoms with Crippen molar-refractivity contribution in [1.82, 2.24) is 4.90 Å². The van der Waals surface area contributed by atoms with E-state index in [1.54, 1.807) is 0 Å². The minimum Gasteiger partial charge on any atom is -1.00 e. The van der Waals surface area contributed by atoms with E-state index >= 15 is 0 Å². The fourth-order valence-electron chi connectivity index (χ4n) is 1.45. The van der Waals surface area contributed by atoms with Gasteiger partial charge in [0.25, 0.3) is 0 Å². The predicted molar refractivity (Wildman–Crippen MR) is 69.5 cm³/mol. The van der Waals surface area contributed by atoms with Crippen LogP contribution in [0.5, 0.6) is 0 Å². The predicted octanol–water partition coefficient (Wildman–Crippen LogP) is -2.58. The van der Waals surface area contributed by atoms with Crippen LogP contribution < -0.4 is 24.8 Å². The van der Waals surface area contributed by atoms with Gasteiger partial charge in [-0.1, -0.05) is 27.7 Å². The van der Waals surface area contributed by atoms with Gasteiger partial charge in [-0.2, -0.15) is 34.7 Å². The minimum atomic E-state index is 0. The van der Waals surface area contributed by atoms with E-state index in [4.69, 9.17) is 0 Å². The summed E-state index contributed by atoms with van der Waals surface area (Å²) >= 11 is 0. The van der Waals surface area contributed by atoms with Crippen molar-refractivity contribution in [3.8, 4) is 0 Å². The van der Waals surface area contributed by atoms with Gasteiger partial charge in [-0.05, 0) is 20.6 Å². The van der Waals surface area contributed by atoms with Gasteiger partial charge >= 0.3 is 21.7 Å². The van der Waals surface area contributed by atoms with Gasteiger partial charge in [-0.25, -0.2) is 0 Å². The smallest absolute Gasteiger partial charge is 1.00 e. The fourth-order valence-corrected chi connectivity index (χ4v) is 1.45. The maximum absolute atomic E-state index is 3.68. The first-order valence-electron chi connectivity index (χ1n) is 5.54. The van der Waals surface area contributed by atoms with Crippen molar-refractivity contribution in [1.29, 1.82) is 0 Å². The van der Waals surface area contributed by atoms with Crippen molar-refractivity contribution in [3.05, 3.63) is 35.2 Å². The molecule has 0 heterocycles. The Morgan fingerprint density at radius 3 is 1.33 bits per heavy atom. The van der Waals surface area contributed by atoms with Gasteiger partial charge in [0.15, 0.2) is 0 Å². The number of hydrogen-bond acceptors (Lipinski definition) is 1. The summed E-state index contributed by atoms with van der Waals surface area (Å²) in [5, 5.41) is 0. The Hall–Kier alpha value is 0.604. The second kappa shape index (κ2) is 14.0. The molecule has 0 fully saturated rings. The molecular weight excluding hydrogens is 301 g/mol. The summed E-state index contributed by atoms with van der Waals surface area (Å²) in [5.74, 6) is 0. The van der Waals surface area contributed by atoms with Crippen LogP contribution in [-0.4, -0.2) is 25.5 Å². The SMILES string of the molecule is Cc1[cH-]c(C)c(C)c1C.[CH2-]CCN(C)C.[Cl-].[Cl-].[Ti+4]. The molecule has 4 heteroatoms. The van der Waals surface area contributed by atoms with Gasteiger partial charge < -0.3 is 36.6 Å². The molecule has 18 heavy (non-hydrogen) atoms. The Balaban J connectivity index is -0.0000000992. The minimum absolute atomic E-state index is 0. The largest absolute Gasteiger partial charge is 4.00 e. The molecule has 1 aromatic rings. The van der Waals surface area contributed by atoms with Crippen LogP contribution in [0, 0.1) is 34.6 Å². The summed E-state index contributed by atoms with van der Waals surface area (Å²) in [6.45, 7) is 13.5. The van der Waals surface area contributed by atoms with E-state index in [1.165, 1.54) is 22.3 Å². The summed E-state index contributed by atoms with van der Waals surface area (Å²) in [6, 6.07) is 2.24. The van der Waals surface area contributed by atoms with E-state index in [-0.39, 0.29) is 46.5 Å². The molecule has 0 aromatic heterocycles. The van der Waals surface area contributed by atoms with Gasteiger partial charge in [0.1, 0.15) is 0 Å². The first-order chi connectivity index (χ1) is 6.90. The molecule has 1 rings (SSSR count). The van der Waals surface area contributed by atoms with Crippen LogP contribution in [0.2, 0.25) is 0 Å². The number of nitrogens with zero attached hydrogens (tertiary/aromatic N) is 1. The van der Waals surface area contributed by atoms with Crippen LogP contribution in [-0.2, 0) is 21.7 Å². The molecule has 1 aromatic carbocycles. The molecular formula is C14H25Cl2NTi. The second-order valence-electron chi connectivity index (χ2n) is 4.42. The van der Waals surface area contributed by atoms with E-state index in [0.29, 0.717) is 0 Å². The zero-order chi connectivity index (χ0) is 12.0. The Kier molecular flexibility index (Phi) is 21.1. The standard InChI is InChI=1S/C9H13.C5H12N.2ClH.Ti/c1-6-5-7(2)9(4)8(6)3;1-4-5-6(2)3;;;/h5H,1-4H3;1,4-5H2,2-3H3;2*1H;/q2*-1;;;+4/p-2. The molecule has 104 valence electrons. The maximum Gasteiger partial charge on any atom is 4.00 e. The third kappa shape index (κ3) is 10.5. The van der Waals surface area contributed by atoms with Crippen LogP contribution in [0.1, 0.15) is 28.7 Å². The summed E-state index contributed by atoms with van der Waals surface area (Å²) in [7, 11) is 4.09. The molecule has 0 amide bonds. The third-order valence-corrected chi connectivity index (χ3v) is 2.78.